The van der Waals surface area contributed by atoms with Crippen LogP contribution in [0.25, 0.3) is 0 Å². The van der Waals surface area contributed by atoms with Crippen molar-refractivity contribution >= 4 is 41.3 Å². The number of nitrogens with one attached hydrogen (secondary N) is 1. The zero-order chi connectivity index (χ0) is 19.2. The monoisotopic (exact) mass is 521 g/mol. The standard InChI is InChI=1S/C20H35N5OS.HI/c1-5-21-20(22-10-11-25(18-8-9-18)12-16-6-7-16)24(3)13-17-14-27-19(23-17)15(2)26-4;/h14-16,18H,5-13H2,1-4H3,(H,21,22);1H. The third-order valence-electron chi connectivity index (χ3n) is 5.27. The van der Waals surface area contributed by atoms with Crippen LogP contribution < -0.4 is 5.32 Å². The molecule has 0 amide bonds. The van der Waals surface area contributed by atoms with E-state index in [0.29, 0.717) is 0 Å². The van der Waals surface area contributed by atoms with E-state index in [4.69, 9.17) is 14.7 Å². The van der Waals surface area contributed by atoms with Crippen molar-refractivity contribution < 1.29 is 4.74 Å². The van der Waals surface area contributed by atoms with E-state index in [2.05, 4.69) is 34.5 Å². The summed E-state index contributed by atoms with van der Waals surface area (Å²) in [7, 11) is 3.81. The maximum absolute atomic E-state index is 5.37. The summed E-state index contributed by atoms with van der Waals surface area (Å²) in [5, 5.41) is 6.57. The lowest BCUT2D eigenvalue weighted by Crippen LogP contribution is -2.39. The van der Waals surface area contributed by atoms with Gasteiger partial charge in [-0.15, -0.1) is 35.3 Å². The number of hydrogen-bond donors (Lipinski definition) is 1. The van der Waals surface area contributed by atoms with Crippen LogP contribution in [-0.2, 0) is 11.3 Å². The molecule has 1 heterocycles. The van der Waals surface area contributed by atoms with Crippen molar-refractivity contribution in [1.29, 1.82) is 0 Å². The van der Waals surface area contributed by atoms with Crippen LogP contribution in [-0.4, -0.2) is 67.1 Å². The molecular weight excluding hydrogens is 485 g/mol. The normalized spacial score (nSPS) is 18.1. The van der Waals surface area contributed by atoms with Crippen molar-refractivity contribution in [3.8, 4) is 0 Å². The Morgan fingerprint density at radius 2 is 2.14 bits per heavy atom. The number of hydrogen-bond acceptors (Lipinski definition) is 5. The van der Waals surface area contributed by atoms with Crippen LogP contribution in [0, 0.1) is 5.92 Å². The Bertz CT molecular complexity index is 617. The number of nitrogens with zero attached hydrogens (tertiary/aromatic N) is 4. The number of methoxy groups -OCH3 is 1. The van der Waals surface area contributed by atoms with Gasteiger partial charge in [0.05, 0.1) is 18.8 Å². The van der Waals surface area contributed by atoms with Gasteiger partial charge in [-0.25, -0.2) is 4.98 Å². The van der Waals surface area contributed by atoms with Crippen LogP contribution >= 0.6 is 35.3 Å². The summed E-state index contributed by atoms with van der Waals surface area (Å²) in [6, 6.07) is 0.831. The lowest BCUT2D eigenvalue weighted by molar-refractivity contribution is 0.119. The van der Waals surface area contributed by atoms with Crippen LogP contribution in [0.1, 0.15) is 56.3 Å². The van der Waals surface area contributed by atoms with Crippen molar-refractivity contribution in [1.82, 2.24) is 20.1 Å². The molecule has 1 unspecified atom stereocenters. The molecule has 2 saturated carbocycles. The number of ether oxygens (including phenoxy) is 1. The van der Waals surface area contributed by atoms with Crippen molar-refractivity contribution in [3.05, 3.63) is 16.1 Å². The fraction of sp³-hybridized carbons (Fsp3) is 0.800. The van der Waals surface area contributed by atoms with E-state index in [9.17, 15) is 0 Å². The minimum atomic E-state index is 0. The lowest BCUT2D eigenvalue weighted by Gasteiger charge is -2.23. The van der Waals surface area contributed by atoms with Gasteiger partial charge in [0.25, 0.3) is 0 Å². The van der Waals surface area contributed by atoms with Crippen LogP contribution in [0.3, 0.4) is 0 Å². The van der Waals surface area contributed by atoms with Crippen molar-refractivity contribution in [3.63, 3.8) is 0 Å². The second-order valence-electron chi connectivity index (χ2n) is 7.82. The van der Waals surface area contributed by atoms with Crippen LogP contribution in [0.15, 0.2) is 10.4 Å². The first-order chi connectivity index (χ1) is 13.1. The van der Waals surface area contributed by atoms with E-state index in [1.54, 1.807) is 18.4 Å². The molecular formula is C20H36IN5OS. The van der Waals surface area contributed by atoms with E-state index >= 15 is 0 Å². The molecule has 2 aliphatic carbocycles. The average Bonchev–Trinajstić information content (AvgIpc) is 3.58. The van der Waals surface area contributed by atoms with Gasteiger partial charge < -0.3 is 15.0 Å². The molecule has 1 atom stereocenters. The predicted molar refractivity (Wildman–Crippen MR) is 128 cm³/mol. The molecule has 6 nitrogen and oxygen atoms in total. The summed E-state index contributed by atoms with van der Waals surface area (Å²) < 4.78 is 5.37. The zero-order valence-corrected chi connectivity index (χ0v) is 20.8. The van der Waals surface area contributed by atoms with Crippen molar-refractivity contribution in [2.24, 2.45) is 10.9 Å². The van der Waals surface area contributed by atoms with Gasteiger partial charge in [-0.2, -0.15) is 0 Å². The summed E-state index contributed by atoms with van der Waals surface area (Å²) in [4.78, 5) is 14.4. The smallest absolute Gasteiger partial charge is 0.194 e. The van der Waals surface area contributed by atoms with Gasteiger partial charge in [0.1, 0.15) is 11.1 Å². The Labute approximate surface area is 191 Å². The molecule has 0 spiro atoms. The third-order valence-corrected chi connectivity index (χ3v) is 6.32. The molecule has 1 N–H and O–H groups in total. The largest absolute Gasteiger partial charge is 0.375 e. The van der Waals surface area contributed by atoms with Gasteiger partial charge in [0.15, 0.2) is 5.96 Å². The molecule has 0 saturated heterocycles. The summed E-state index contributed by atoms with van der Waals surface area (Å²) in [5.41, 5.74) is 1.07. The van der Waals surface area contributed by atoms with E-state index in [0.717, 1.165) is 54.8 Å². The highest BCUT2D eigenvalue weighted by atomic mass is 127. The van der Waals surface area contributed by atoms with E-state index in [1.165, 1.54) is 32.2 Å². The van der Waals surface area contributed by atoms with Gasteiger partial charge in [-0.1, -0.05) is 0 Å². The minimum absolute atomic E-state index is 0. The number of rotatable bonds is 11. The fourth-order valence-electron chi connectivity index (χ4n) is 3.25. The first-order valence-corrected chi connectivity index (χ1v) is 11.2. The van der Waals surface area contributed by atoms with E-state index in [1.807, 2.05) is 6.92 Å². The summed E-state index contributed by atoms with van der Waals surface area (Å²) in [5.74, 6) is 1.92. The fourth-order valence-corrected chi connectivity index (χ4v) is 4.09. The molecule has 2 fully saturated rings. The second-order valence-corrected chi connectivity index (χ2v) is 8.71. The van der Waals surface area contributed by atoms with Crippen molar-refractivity contribution in [2.75, 3.05) is 40.3 Å². The Morgan fingerprint density at radius 1 is 1.39 bits per heavy atom. The predicted octanol–water partition coefficient (Wildman–Crippen LogP) is 3.74. The molecule has 160 valence electrons. The Hall–Kier alpha value is -0.450. The van der Waals surface area contributed by atoms with Gasteiger partial charge in [0, 0.05) is 45.2 Å². The van der Waals surface area contributed by atoms with E-state index < -0.39 is 0 Å². The summed E-state index contributed by atoms with van der Waals surface area (Å²) in [6.45, 7) is 9.01. The topological polar surface area (TPSA) is 53.0 Å². The van der Waals surface area contributed by atoms with Gasteiger partial charge in [-0.3, -0.25) is 9.89 Å². The molecule has 3 rings (SSSR count). The Balaban J connectivity index is 0.00000280. The molecule has 2 aliphatic rings. The number of aromatic nitrogens is 1. The molecule has 1 aromatic rings. The third kappa shape index (κ3) is 7.42. The number of halogens is 1. The maximum Gasteiger partial charge on any atom is 0.194 e. The molecule has 0 radical (unpaired) electrons. The molecule has 0 aromatic carbocycles. The number of thiazole rings is 1. The summed E-state index contributed by atoms with van der Waals surface area (Å²) >= 11 is 1.66. The van der Waals surface area contributed by atoms with Gasteiger partial charge in [-0.05, 0) is 45.4 Å². The highest BCUT2D eigenvalue weighted by Gasteiger charge is 2.33. The molecule has 28 heavy (non-hydrogen) atoms. The first kappa shape index (κ1) is 23.8. The average molecular weight is 522 g/mol. The van der Waals surface area contributed by atoms with E-state index in [-0.39, 0.29) is 30.1 Å². The Morgan fingerprint density at radius 3 is 2.75 bits per heavy atom. The SMILES string of the molecule is CCNC(=NCCN(CC1CC1)C1CC1)N(C)Cc1csc(C(C)OC)n1.I. The molecule has 0 aliphatic heterocycles. The number of guanidine groups is 1. The van der Waals surface area contributed by atoms with Crippen LogP contribution in [0.4, 0.5) is 0 Å². The second kappa shape index (κ2) is 11.7. The minimum Gasteiger partial charge on any atom is -0.375 e. The lowest BCUT2D eigenvalue weighted by atomic mass is 10.3. The zero-order valence-electron chi connectivity index (χ0n) is 17.7. The Kier molecular flexibility index (Phi) is 9.92. The first-order valence-electron chi connectivity index (χ1n) is 10.3. The van der Waals surface area contributed by atoms with Crippen LogP contribution in [0.2, 0.25) is 0 Å². The number of aliphatic imine (C=N–C) groups is 1. The molecule has 8 heteroatoms. The molecule has 0 bridgehead atoms. The highest BCUT2D eigenvalue weighted by Crippen LogP contribution is 2.34. The summed E-state index contributed by atoms with van der Waals surface area (Å²) in [6.07, 6.45) is 5.66. The molecule has 1 aromatic heterocycles. The van der Waals surface area contributed by atoms with Crippen molar-refractivity contribution in [2.45, 2.75) is 58.2 Å². The quantitative estimate of drug-likeness (QED) is 0.273. The highest BCUT2D eigenvalue weighted by molar-refractivity contribution is 14.0. The maximum atomic E-state index is 5.37. The van der Waals surface area contributed by atoms with Crippen LogP contribution in [0.5, 0.6) is 0 Å². The van der Waals surface area contributed by atoms with Gasteiger partial charge in [0.2, 0.25) is 0 Å². The van der Waals surface area contributed by atoms with Gasteiger partial charge >= 0.3 is 0 Å².